The molecule has 0 atom stereocenters. The molecule has 2 rings (SSSR count). The summed E-state index contributed by atoms with van der Waals surface area (Å²) in [7, 11) is 0. The zero-order chi connectivity index (χ0) is 13.7. The first-order chi connectivity index (χ1) is 9.17. The van der Waals surface area contributed by atoms with Gasteiger partial charge in [-0.3, -0.25) is 0 Å². The smallest absolute Gasteiger partial charge is 0.0776 e. The van der Waals surface area contributed by atoms with E-state index in [2.05, 4.69) is 35.6 Å². The number of halogens is 2. The van der Waals surface area contributed by atoms with Crippen LogP contribution in [-0.2, 0) is 11.3 Å². The fourth-order valence-electron chi connectivity index (χ4n) is 2.79. The van der Waals surface area contributed by atoms with E-state index in [-0.39, 0.29) is 5.60 Å². The minimum Gasteiger partial charge on any atom is -0.370 e. The maximum Gasteiger partial charge on any atom is 0.0776 e. The van der Waals surface area contributed by atoms with E-state index in [1.54, 1.807) is 0 Å². The number of hydrogen-bond acceptors (Lipinski definition) is 1. The molecule has 106 valence electrons. The summed E-state index contributed by atoms with van der Waals surface area (Å²) in [5.74, 6) is 0.908. The third-order valence-electron chi connectivity index (χ3n) is 4.27. The van der Waals surface area contributed by atoms with E-state index in [0.717, 1.165) is 15.4 Å². The molecule has 3 heteroatoms. The van der Waals surface area contributed by atoms with E-state index in [1.165, 1.54) is 37.7 Å². The van der Waals surface area contributed by atoms with Gasteiger partial charge < -0.3 is 4.74 Å². The summed E-state index contributed by atoms with van der Waals surface area (Å²) in [5, 5.41) is 0.791. The van der Waals surface area contributed by atoms with Crippen LogP contribution in [-0.4, -0.2) is 10.0 Å². The van der Waals surface area contributed by atoms with Crippen molar-refractivity contribution >= 4 is 34.2 Å². The highest BCUT2D eigenvalue weighted by Crippen LogP contribution is 2.38. The fraction of sp³-hybridized carbons (Fsp3) is 0.625. The van der Waals surface area contributed by atoms with E-state index in [0.29, 0.717) is 6.61 Å². The van der Waals surface area contributed by atoms with Crippen molar-refractivity contribution in [2.24, 2.45) is 5.92 Å². The van der Waals surface area contributed by atoms with Gasteiger partial charge in [-0.1, -0.05) is 59.7 Å². The highest BCUT2D eigenvalue weighted by atomic mass is 127. The Labute approximate surface area is 135 Å². The summed E-state index contributed by atoms with van der Waals surface area (Å²) in [6, 6.07) is 7.99. The molecule has 1 nitrogen and oxygen atoms in total. The molecular formula is C16H22ClIO. The van der Waals surface area contributed by atoms with Crippen molar-refractivity contribution in [1.29, 1.82) is 0 Å². The number of ether oxygens (including phenoxy) is 1. The Morgan fingerprint density at radius 1 is 1.37 bits per heavy atom. The molecule has 1 saturated carbocycles. The molecule has 1 aromatic carbocycles. The first kappa shape index (κ1) is 15.6. The summed E-state index contributed by atoms with van der Waals surface area (Å²) < 4.78 is 7.37. The molecule has 19 heavy (non-hydrogen) atoms. The molecule has 0 amide bonds. The molecule has 1 fully saturated rings. The summed E-state index contributed by atoms with van der Waals surface area (Å²) >= 11 is 8.49. The molecule has 0 spiro atoms. The Balaban J connectivity index is 1.92. The Morgan fingerprint density at radius 3 is 2.68 bits per heavy atom. The van der Waals surface area contributed by atoms with Gasteiger partial charge >= 0.3 is 0 Å². The molecule has 0 aliphatic heterocycles. The zero-order valence-corrected chi connectivity index (χ0v) is 14.4. The summed E-state index contributed by atoms with van der Waals surface area (Å²) in [6.07, 6.45) is 6.35. The number of alkyl halides is 1. The van der Waals surface area contributed by atoms with Crippen molar-refractivity contribution in [3.8, 4) is 0 Å². The van der Waals surface area contributed by atoms with Gasteiger partial charge in [-0.2, -0.15) is 0 Å². The average Bonchev–Trinajstić information content (AvgIpc) is 2.46. The van der Waals surface area contributed by atoms with Gasteiger partial charge in [-0.15, -0.1) is 0 Å². The molecule has 1 aliphatic carbocycles. The van der Waals surface area contributed by atoms with Crippen molar-refractivity contribution in [2.45, 2.75) is 51.2 Å². The highest BCUT2D eigenvalue weighted by Gasteiger charge is 2.34. The topological polar surface area (TPSA) is 9.23 Å². The van der Waals surface area contributed by atoms with Crippen LogP contribution >= 0.6 is 34.2 Å². The van der Waals surface area contributed by atoms with Gasteiger partial charge in [0, 0.05) is 9.45 Å². The van der Waals surface area contributed by atoms with E-state index in [1.807, 2.05) is 18.2 Å². The lowest BCUT2D eigenvalue weighted by atomic mass is 9.79. The second kappa shape index (κ2) is 7.28. The highest BCUT2D eigenvalue weighted by molar-refractivity contribution is 14.1. The largest absolute Gasteiger partial charge is 0.370 e. The molecule has 0 bridgehead atoms. The van der Waals surface area contributed by atoms with Gasteiger partial charge in [0.2, 0.25) is 0 Å². The second-order valence-corrected chi connectivity index (χ2v) is 6.79. The molecular weight excluding hydrogens is 371 g/mol. The predicted octanol–water partition coefficient (Wildman–Crippen LogP) is 5.63. The van der Waals surface area contributed by atoms with Crippen molar-refractivity contribution < 1.29 is 4.74 Å². The van der Waals surface area contributed by atoms with Gasteiger partial charge in [0.15, 0.2) is 0 Å². The summed E-state index contributed by atoms with van der Waals surface area (Å²) in [4.78, 5) is 0. The number of benzene rings is 1. The van der Waals surface area contributed by atoms with E-state index in [4.69, 9.17) is 16.3 Å². The molecule has 0 saturated heterocycles. The Hall–Kier alpha value is 0.200. The molecule has 0 radical (unpaired) electrons. The van der Waals surface area contributed by atoms with E-state index < -0.39 is 0 Å². The lowest BCUT2D eigenvalue weighted by molar-refractivity contribution is -0.0690. The standard InChI is InChI=1S/C16H22ClIO/c1-2-13-6-8-16(12-18,9-7-13)19-11-14-4-3-5-15(17)10-14/h3-5,10,13H,2,6-9,11-12H2,1H3. The van der Waals surface area contributed by atoms with Crippen LogP contribution in [0, 0.1) is 5.92 Å². The van der Waals surface area contributed by atoms with Gasteiger partial charge in [-0.05, 0) is 49.3 Å². The maximum atomic E-state index is 6.29. The zero-order valence-electron chi connectivity index (χ0n) is 11.5. The molecule has 0 heterocycles. The predicted molar refractivity (Wildman–Crippen MR) is 90.1 cm³/mol. The molecule has 0 aromatic heterocycles. The fourth-order valence-corrected chi connectivity index (χ4v) is 3.99. The van der Waals surface area contributed by atoms with Crippen molar-refractivity contribution in [2.75, 3.05) is 4.43 Å². The van der Waals surface area contributed by atoms with Gasteiger partial charge in [0.1, 0.15) is 0 Å². The van der Waals surface area contributed by atoms with Crippen LogP contribution in [0.25, 0.3) is 0 Å². The SMILES string of the molecule is CCC1CCC(CI)(OCc2cccc(Cl)c2)CC1. The summed E-state index contributed by atoms with van der Waals surface area (Å²) in [5.41, 5.74) is 1.27. The first-order valence-electron chi connectivity index (χ1n) is 7.12. The van der Waals surface area contributed by atoms with E-state index in [9.17, 15) is 0 Å². The molecule has 0 N–H and O–H groups in total. The summed E-state index contributed by atoms with van der Waals surface area (Å²) in [6.45, 7) is 2.98. The van der Waals surface area contributed by atoms with Crippen LogP contribution in [0.15, 0.2) is 24.3 Å². The van der Waals surface area contributed by atoms with Crippen molar-refractivity contribution in [3.05, 3.63) is 34.9 Å². The van der Waals surface area contributed by atoms with Gasteiger partial charge in [0.25, 0.3) is 0 Å². The lowest BCUT2D eigenvalue weighted by Gasteiger charge is -2.39. The minimum absolute atomic E-state index is 0.0918. The molecule has 1 aromatic rings. The second-order valence-electron chi connectivity index (χ2n) is 5.59. The van der Waals surface area contributed by atoms with Crippen LogP contribution in [0.5, 0.6) is 0 Å². The molecule has 0 unspecified atom stereocenters. The van der Waals surface area contributed by atoms with Crippen LogP contribution < -0.4 is 0 Å². The average molecular weight is 393 g/mol. The van der Waals surface area contributed by atoms with Gasteiger partial charge in [0.05, 0.1) is 12.2 Å². The van der Waals surface area contributed by atoms with Crippen LogP contribution in [0.2, 0.25) is 5.02 Å². The van der Waals surface area contributed by atoms with Crippen molar-refractivity contribution in [3.63, 3.8) is 0 Å². The number of rotatable bonds is 5. The van der Waals surface area contributed by atoms with Crippen LogP contribution in [0.1, 0.15) is 44.6 Å². The normalized spacial score (nSPS) is 27.4. The van der Waals surface area contributed by atoms with Crippen molar-refractivity contribution in [1.82, 2.24) is 0 Å². The maximum absolute atomic E-state index is 6.29. The lowest BCUT2D eigenvalue weighted by Crippen LogP contribution is -2.38. The minimum atomic E-state index is 0.0918. The first-order valence-corrected chi connectivity index (χ1v) is 9.02. The third-order valence-corrected chi connectivity index (χ3v) is 5.90. The van der Waals surface area contributed by atoms with Crippen LogP contribution in [0.4, 0.5) is 0 Å². The quantitative estimate of drug-likeness (QED) is 0.466. The molecule has 1 aliphatic rings. The van der Waals surface area contributed by atoms with Gasteiger partial charge in [-0.25, -0.2) is 0 Å². The van der Waals surface area contributed by atoms with E-state index >= 15 is 0 Å². The monoisotopic (exact) mass is 392 g/mol. The Morgan fingerprint density at radius 2 is 2.11 bits per heavy atom. The van der Waals surface area contributed by atoms with Crippen LogP contribution in [0.3, 0.4) is 0 Å². The Kier molecular flexibility index (Phi) is 5.97. The number of hydrogen-bond donors (Lipinski definition) is 0. The Bertz CT molecular complexity index is 399. The third kappa shape index (κ3) is 4.33.